The Morgan fingerprint density at radius 2 is 2.67 bits per heavy atom. The fraction of sp³-hybridized carbons (Fsp3) is 0.333. The highest BCUT2D eigenvalue weighted by Crippen LogP contribution is 2.21. The van der Waals surface area contributed by atoms with Crippen LogP contribution in [-0.2, 0) is 0 Å². The zero-order chi connectivity index (χ0) is 4.41. The molecule has 0 heteroatoms. The zero-order valence-electron chi connectivity index (χ0n) is 3.65. The Labute approximate surface area is 38.2 Å². The van der Waals surface area contributed by atoms with Gasteiger partial charge in [0, 0.05) is 0 Å². The lowest BCUT2D eigenvalue weighted by Crippen LogP contribution is -1.52. The summed E-state index contributed by atoms with van der Waals surface area (Å²) in [5.74, 6) is 0. The summed E-state index contributed by atoms with van der Waals surface area (Å²) in [7, 11) is 0. The van der Waals surface area contributed by atoms with Crippen LogP contribution in [0.5, 0.6) is 0 Å². The molecule has 0 saturated carbocycles. The molecule has 0 amide bonds. The van der Waals surface area contributed by atoms with E-state index in [0.29, 0.717) is 0 Å². The monoisotopic (exact) mass is 79.1 g/mol. The normalized spacial score (nSPS) is 16.3. The summed E-state index contributed by atoms with van der Waals surface area (Å²) < 4.78 is 0. The third-order valence-electron chi connectivity index (χ3n) is 0.873. The summed E-state index contributed by atoms with van der Waals surface area (Å²) in [6.45, 7) is 5.10. The molecule has 0 bridgehead atoms. The first-order valence-electron chi connectivity index (χ1n) is 2.15. The van der Waals surface area contributed by atoms with Gasteiger partial charge in [-0.3, -0.25) is 0 Å². The minimum Gasteiger partial charge on any atom is -0.0806 e. The molecule has 1 rings (SSSR count). The average molecular weight is 79.1 g/mol. The molecule has 1 aliphatic carbocycles. The second-order valence-electron chi connectivity index (χ2n) is 1.51. The summed E-state index contributed by atoms with van der Waals surface area (Å²) in [6.07, 6.45) is 6.08. The first-order valence-corrected chi connectivity index (χ1v) is 2.15. The van der Waals surface area contributed by atoms with Gasteiger partial charge in [-0.15, -0.1) is 0 Å². The van der Waals surface area contributed by atoms with Crippen molar-refractivity contribution in [2.45, 2.75) is 12.8 Å². The third-order valence-corrected chi connectivity index (χ3v) is 0.873. The Morgan fingerprint density at radius 1 is 2.00 bits per heavy atom. The van der Waals surface area contributed by atoms with Crippen LogP contribution in [0, 0.1) is 6.58 Å². The SMILES string of the molecule is [CH]=CCC1=CC1. The Morgan fingerprint density at radius 3 is 2.83 bits per heavy atom. The second-order valence-corrected chi connectivity index (χ2v) is 1.51. The molecule has 31 valence electrons. The van der Waals surface area contributed by atoms with Crippen molar-refractivity contribution in [3.63, 3.8) is 0 Å². The maximum Gasteiger partial charge on any atom is -0.0132 e. The van der Waals surface area contributed by atoms with E-state index >= 15 is 0 Å². The molecular weight excluding hydrogens is 72.1 g/mol. The van der Waals surface area contributed by atoms with Crippen LogP contribution in [0.4, 0.5) is 0 Å². The molecule has 0 aromatic heterocycles. The number of allylic oxidation sites excluding steroid dienone is 3. The maximum absolute atomic E-state index is 5.10. The molecule has 0 nitrogen and oxygen atoms in total. The van der Waals surface area contributed by atoms with Crippen LogP contribution in [0.15, 0.2) is 17.7 Å². The summed E-state index contributed by atoms with van der Waals surface area (Å²) >= 11 is 0. The van der Waals surface area contributed by atoms with Gasteiger partial charge in [0.05, 0.1) is 0 Å². The zero-order valence-corrected chi connectivity index (χ0v) is 3.65. The molecule has 0 unspecified atom stereocenters. The van der Waals surface area contributed by atoms with Gasteiger partial charge in [-0.2, -0.15) is 0 Å². The molecule has 0 spiro atoms. The summed E-state index contributed by atoms with van der Waals surface area (Å²) in [6, 6.07) is 0. The van der Waals surface area contributed by atoms with E-state index in [1.54, 1.807) is 6.08 Å². The summed E-state index contributed by atoms with van der Waals surface area (Å²) in [4.78, 5) is 0. The van der Waals surface area contributed by atoms with Crippen molar-refractivity contribution in [1.82, 2.24) is 0 Å². The Kier molecular flexibility index (Phi) is 0.789. The highest BCUT2D eigenvalue weighted by molar-refractivity contribution is 5.23. The molecule has 6 heavy (non-hydrogen) atoms. The Balaban J connectivity index is 2.16. The van der Waals surface area contributed by atoms with E-state index in [4.69, 9.17) is 6.58 Å². The standard InChI is InChI=1S/C6H7/c1-2-3-6-4-5-6/h1-2,4H,3,5H2. The quantitative estimate of drug-likeness (QED) is 0.442. The van der Waals surface area contributed by atoms with Crippen molar-refractivity contribution in [2.24, 2.45) is 0 Å². The van der Waals surface area contributed by atoms with Crippen molar-refractivity contribution >= 4 is 0 Å². The Bertz CT molecular complexity index is 88.2. The largest absolute Gasteiger partial charge is 0.0806 e. The van der Waals surface area contributed by atoms with Gasteiger partial charge in [-0.05, 0) is 12.8 Å². The van der Waals surface area contributed by atoms with Crippen molar-refractivity contribution in [1.29, 1.82) is 0 Å². The van der Waals surface area contributed by atoms with Crippen LogP contribution in [0.1, 0.15) is 12.8 Å². The summed E-state index contributed by atoms with van der Waals surface area (Å²) in [5.41, 5.74) is 1.48. The molecule has 0 aromatic rings. The van der Waals surface area contributed by atoms with Crippen LogP contribution < -0.4 is 0 Å². The molecule has 0 saturated heterocycles. The molecule has 0 aromatic carbocycles. The van der Waals surface area contributed by atoms with Crippen LogP contribution in [-0.4, -0.2) is 0 Å². The lowest BCUT2D eigenvalue weighted by molar-refractivity contribution is 1.28. The lowest BCUT2D eigenvalue weighted by Gasteiger charge is -1.72. The van der Waals surface area contributed by atoms with E-state index in [1.807, 2.05) is 0 Å². The maximum atomic E-state index is 5.10. The minimum absolute atomic E-state index is 1.00. The number of hydrogen-bond acceptors (Lipinski definition) is 0. The van der Waals surface area contributed by atoms with E-state index < -0.39 is 0 Å². The van der Waals surface area contributed by atoms with Gasteiger partial charge < -0.3 is 0 Å². The molecule has 0 aliphatic heterocycles. The highest BCUT2D eigenvalue weighted by Gasteiger charge is 2.01. The first kappa shape index (κ1) is 3.66. The van der Waals surface area contributed by atoms with Crippen molar-refractivity contribution in [3.8, 4) is 0 Å². The third kappa shape index (κ3) is 0.713. The van der Waals surface area contributed by atoms with E-state index in [0.717, 1.165) is 6.42 Å². The predicted molar refractivity (Wildman–Crippen MR) is 26.2 cm³/mol. The van der Waals surface area contributed by atoms with E-state index in [9.17, 15) is 0 Å². The fourth-order valence-electron chi connectivity index (χ4n) is 0.390. The van der Waals surface area contributed by atoms with Gasteiger partial charge in [0.15, 0.2) is 0 Å². The molecule has 0 atom stereocenters. The van der Waals surface area contributed by atoms with E-state index in [1.165, 1.54) is 12.0 Å². The number of rotatable bonds is 2. The van der Waals surface area contributed by atoms with Crippen molar-refractivity contribution in [2.75, 3.05) is 0 Å². The topological polar surface area (TPSA) is 0 Å². The van der Waals surface area contributed by atoms with Gasteiger partial charge in [-0.1, -0.05) is 24.3 Å². The van der Waals surface area contributed by atoms with Gasteiger partial charge in [0.1, 0.15) is 0 Å². The predicted octanol–water partition coefficient (Wildman–Crippen LogP) is 1.70. The molecular formula is C6H7. The summed E-state index contributed by atoms with van der Waals surface area (Å²) in [5, 5.41) is 0. The van der Waals surface area contributed by atoms with Crippen LogP contribution in [0.25, 0.3) is 0 Å². The molecule has 0 N–H and O–H groups in total. The van der Waals surface area contributed by atoms with Gasteiger partial charge in [0.25, 0.3) is 0 Å². The number of hydrogen-bond donors (Lipinski definition) is 0. The molecule has 1 radical (unpaired) electrons. The van der Waals surface area contributed by atoms with Crippen LogP contribution in [0.2, 0.25) is 0 Å². The minimum atomic E-state index is 1.00. The van der Waals surface area contributed by atoms with Crippen molar-refractivity contribution in [3.05, 3.63) is 24.3 Å². The second kappa shape index (κ2) is 1.29. The van der Waals surface area contributed by atoms with Gasteiger partial charge in [0.2, 0.25) is 0 Å². The van der Waals surface area contributed by atoms with Gasteiger partial charge in [-0.25, -0.2) is 0 Å². The first-order chi connectivity index (χ1) is 2.93. The average Bonchev–Trinajstić information content (AvgIpc) is 2.21. The van der Waals surface area contributed by atoms with E-state index in [-0.39, 0.29) is 0 Å². The molecule has 0 fully saturated rings. The van der Waals surface area contributed by atoms with Crippen LogP contribution in [0.3, 0.4) is 0 Å². The highest BCUT2D eigenvalue weighted by atomic mass is 14.1. The molecule has 1 aliphatic rings. The van der Waals surface area contributed by atoms with E-state index in [2.05, 4.69) is 6.08 Å². The molecule has 0 heterocycles. The smallest absolute Gasteiger partial charge is 0.0132 e. The van der Waals surface area contributed by atoms with Crippen molar-refractivity contribution < 1.29 is 0 Å². The lowest BCUT2D eigenvalue weighted by atomic mass is 10.3. The fourth-order valence-corrected chi connectivity index (χ4v) is 0.390. The Hall–Kier alpha value is -0.520. The van der Waals surface area contributed by atoms with Gasteiger partial charge >= 0.3 is 0 Å². The van der Waals surface area contributed by atoms with Crippen LogP contribution >= 0.6 is 0 Å².